The van der Waals surface area contributed by atoms with E-state index in [0.717, 1.165) is 5.69 Å². The number of hydrogen-bond donors (Lipinski definition) is 3. The van der Waals surface area contributed by atoms with E-state index in [1.165, 1.54) is 0 Å². The topological polar surface area (TPSA) is 82.2 Å². The molecule has 0 aliphatic rings. The molecule has 0 radical (unpaired) electrons. The van der Waals surface area contributed by atoms with Gasteiger partial charge >= 0.3 is 5.97 Å². The van der Waals surface area contributed by atoms with Crippen molar-refractivity contribution in [3.05, 3.63) is 53.3 Å². The van der Waals surface area contributed by atoms with Gasteiger partial charge in [-0.05, 0) is 6.07 Å². The molecule has 0 aliphatic carbocycles. The van der Waals surface area contributed by atoms with Gasteiger partial charge in [-0.15, -0.1) is 0 Å². The molecular formula is C17H20N2O3. The summed E-state index contributed by atoms with van der Waals surface area (Å²) in [7, 11) is 0. The van der Waals surface area contributed by atoms with Gasteiger partial charge in [0.15, 0.2) is 5.78 Å². The van der Waals surface area contributed by atoms with Crippen LogP contribution in [0, 0.1) is 0 Å². The number of ketones is 1. The average Bonchev–Trinajstić information content (AvgIpc) is 2.90. The SMILES string of the molecule is CC(C)(C)c1cc(NCC(=O)c2ccccc2)c(C(=O)O)[nH]1. The summed E-state index contributed by atoms with van der Waals surface area (Å²) >= 11 is 0. The van der Waals surface area contributed by atoms with Gasteiger partial charge in [0.1, 0.15) is 5.69 Å². The van der Waals surface area contributed by atoms with Crippen molar-refractivity contribution in [2.45, 2.75) is 26.2 Å². The van der Waals surface area contributed by atoms with Crippen molar-refractivity contribution in [1.29, 1.82) is 0 Å². The van der Waals surface area contributed by atoms with E-state index in [0.29, 0.717) is 11.3 Å². The minimum Gasteiger partial charge on any atom is -0.477 e. The van der Waals surface area contributed by atoms with Crippen LogP contribution < -0.4 is 5.32 Å². The third-order valence-corrected chi connectivity index (χ3v) is 3.37. The van der Waals surface area contributed by atoms with E-state index in [4.69, 9.17) is 0 Å². The van der Waals surface area contributed by atoms with Gasteiger partial charge in [-0.2, -0.15) is 0 Å². The Labute approximate surface area is 129 Å². The fourth-order valence-electron chi connectivity index (χ4n) is 2.07. The molecule has 1 heterocycles. The Balaban J connectivity index is 2.17. The molecule has 0 atom stereocenters. The third-order valence-electron chi connectivity index (χ3n) is 3.37. The normalized spacial score (nSPS) is 11.2. The van der Waals surface area contributed by atoms with Gasteiger partial charge in [0, 0.05) is 16.7 Å². The standard InChI is InChI=1S/C17H20N2O3/c1-17(2,3)14-9-12(15(19-14)16(21)22)18-10-13(20)11-7-5-4-6-8-11/h4-9,18-19H,10H2,1-3H3,(H,21,22). The highest BCUT2D eigenvalue weighted by molar-refractivity contribution is 6.00. The minimum absolute atomic E-state index is 0.0474. The number of H-pyrrole nitrogens is 1. The first kappa shape index (κ1) is 15.8. The summed E-state index contributed by atoms with van der Waals surface area (Å²) < 4.78 is 0. The summed E-state index contributed by atoms with van der Waals surface area (Å²) in [5.41, 5.74) is 1.71. The first-order chi connectivity index (χ1) is 10.3. The number of carboxylic acids is 1. The predicted octanol–water partition coefficient (Wildman–Crippen LogP) is 3.31. The van der Waals surface area contributed by atoms with E-state index in [9.17, 15) is 14.7 Å². The summed E-state index contributed by atoms with van der Waals surface area (Å²) in [4.78, 5) is 26.3. The third kappa shape index (κ3) is 3.55. The first-order valence-electron chi connectivity index (χ1n) is 7.08. The number of hydrogen-bond acceptors (Lipinski definition) is 3. The molecule has 116 valence electrons. The Morgan fingerprint density at radius 1 is 1.18 bits per heavy atom. The number of carboxylic acid groups (broad SMARTS) is 1. The lowest BCUT2D eigenvalue weighted by Gasteiger charge is -2.15. The van der Waals surface area contributed by atoms with Gasteiger partial charge in [0.2, 0.25) is 0 Å². The lowest BCUT2D eigenvalue weighted by molar-refractivity contribution is 0.0691. The van der Waals surface area contributed by atoms with Crippen LogP contribution in [0.15, 0.2) is 36.4 Å². The van der Waals surface area contributed by atoms with E-state index in [2.05, 4.69) is 10.3 Å². The summed E-state index contributed by atoms with van der Waals surface area (Å²) in [6, 6.07) is 10.7. The van der Waals surface area contributed by atoms with Gasteiger partial charge in [-0.3, -0.25) is 4.79 Å². The predicted molar refractivity (Wildman–Crippen MR) is 85.7 cm³/mol. The molecule has 2 rings (SSSR count). The minimum atomic E-state index is -1.05. The number of carbonyl (C=O) groups excluding carboxylic acids is 1. The van der Waals surface area contributed by atoms with E-state index in [1.54, 1.807) is 30.3 Å². The average molecular weight is 300 g/mol. The highest BCUT2D eigenvalue weighted by atomic mass is 16.4. The van der Waals surface area contributed by atoms with Crippen LogP contribution >= 0.6 is 0 Å². The number of anilines is 1. The second kappa shape index (κ2) is 6.05. The molecule has 1 aromatic carbocycles. The lowest BCUT2D eigenvalue weighted by Crippen LogP contribution is -2.15. The fourth-order valence-corrected chi connectivity index (χ4v) is 2.07. The van der Waals surface area contributed by atoms with Crippen molar-refractivity contribution in [2.24, 2.45) is 0 Å². The highest BCUT2D eigenvalue weighted by Gasteiger charge is 2.22. The zero-order chi connectivity index (χ0) is 16.3. The maximum absolute atomic E-state index is 12.1. The number of aromatic amines is 1. The smallest absolute Gasteiger partial charge is 0.354 e. The molecular weight excluding hydrogens is 280 g/mol. The van der Waals surface area contributed by atoms with Crippen LogP contribution in [0.25, 0.3) is 0 Å². The Hall–Kier alpha value is -2.56. The second-order valence-corrected chi connectivity index (χ2v) is 6.17. The molecule has 0 fully saturated rings. The number of aromatic nitrogens is 1. The quantitative estimate of drug-likeness (QED) is 0.740. The van der Waals surface area contributed by atoms with Gasteiger partial charge < -0.3 is 15.4 Å². The summed E-state index contributed by atoms with van der Waals surface area (Å²) in [6.45, 7) is 6.02. The van der Waals surface area contributed by atoms with Crippen molar-refractivity contribution in [2.75, 3.05) is 11.9 Å². The monoisotopic (exact) mass is 300 g/mol. The Morgan fingerprint density at radius 3 is 2.36 bits per heavy atom. The van der Waals surface area contributed by atoms with E-state index < -0.39 is 5.97 Å². The summed E-state index contributed by atoms with van der Waals surface area (Å²) in [5, 5.41) is 12.2. The highest BCUT2D eigenvalue weighted by Crippen LogP contribution is 2.27. The van der Waals surface area contributed by atoms with Crippen molar-refractivity contribution >= 4 is 17.4 Å². The van der Waals surface area contributed by atoms with Crippen LogP contribution in [0.2, 0.25) is 0 Å². The van der Waals surface area contributed by atoms with E-state index in [1.807, 2.05) is 26.8 Å². The number of aromatic carboxylic acids is 1. The van der Waals surface area contributed by atoms with E-state index >= 15 is 0 Å². The Morgan fingerprint density at radius 2 is 1.82 bits per heavy atom. The molecule has 0 aliphatic heterocycles. The van der Waals surface area contributed by atoms with E-state index in [-0.39, 0.29) is 23.4 Å². The molecule has 3 N–H and O–H groups in total. The van der Waals surface area contributed by atoms with Crippen LogP contribution in [-0.2, 0) is 5.41 Å². The van der Waals surface area contributed by atoms with Crippen LogP contribution in [0.3, 0.4) is 0 Å². The molecule has 5 heteroatoms. The summed E-state index contributed by atoms with van der Waals surface area (Å²) in [6.07, 6.45) is 0. The Bertz CT molecular complexity index is 682. The molecule has 1 aromatic heterocycles. The molecule has 0 saturated carbocycles. The van der Waals surface area contributed by atoms with Crippen molar-refractivity contribution in [3.8, 4) is 0 Å². The zero-order valence-corrected chi connectivity index (χ0v) is 12.9. The fraction of sp³-hybridized carbons (Fsp3) is 0.294. The number of rotatable bonds is 5. The number of Topliss-reactive ketones (excluding diaryl/α,β-unsaturated/α-hetero) is 1. The van der Waals surface area contributed by atoms with Crippen molar-refractivity contribution in [1.82, 2.24) is 4.98 Å². The molecule has 5 nitrogen and oxygen atoms in total. The molecule has 2 aromatic rings. The molecule has 0 amide bonds. The molecule has 0 spiro atoms. The summed E-state index contributed by atoms with van der Waals surface area (Å²) in [5.74, 6) is -1.14. The van der Waals surface area contributed by atoms with Gasteiger partial charge in [-0.25, -0.2) is 4.79 Å². The largest absolute Gasteiger partial charge is 0.477 e. The molecule has 0 bridgehead atoms. The zero-order valence-electron chi connectivity index (χ0n) is 12.9. The second-order valence-electron chi connectivity index (χ2n) is 6.17. The maximum Gasteiger partial charge on any atom is 0.354 e. The van der Waals surface area contributed by atoms with Crippen LogP contribution in [0.5, 0.6) is 0 Å². The Kier molecular flexibility index (Phi) is 4.35. The lowest BCUT2D eigenvalue weighted by atomic mass is 9.92. The van der Waals surface area contributed by atoms with Crippen LogP contribution in [0.4, 0.5) is 5.69 Å². The van der Waals surface area contributed by atoms with Crippen LogP contribution in [-0.4, -0.2) is 28.4 Å². The maximum atomic E-state index is 12.1. The van der Waals surface area contributed by atoms with Crippen molar-refractivity contribution in [3.63, 3.8) is 0 Å². The van der Waals surface area contributed by atoms with Crippen molar-refractivity contribution < 1.29 is 14.7 Å². The van der Waals surface area contributed by atoms with Gasteiger partial charge in [-0.1, -0.05) is 51.1 Å². The van der Waals surface area contributed by atoms with Gasteiger partial charge in [0.25, 0.3) is 0 Å². The number of benzene rings is 1. The van der Waals surface area contributed by atoms with Crippen LogP contribution in [0.1, 0.15) is 47.3 Å². The molecule has 0 unspecified atom stereocenters. The molecule has 0 saturated heterocycles. The van der Waals surface area contributed by atoms with Gasteiger partial charge in [0.05, 0.1) is 12.2 Å². The first-order valence-corrected chi connectivity index (χ1v) is 7.08. The number of carbonyl (C=O) groups is 2. The molecule has 22 heavy (non-hydrogen) atoms. The number of nitrogens with one attached hydrogen (secondary N) is 2.